The van der Waals surface area contributed by atoms with Crippen molar-refractivity contribution in [2.45, 2.75) is 25.7 Å². The number of thiophene rings is 1. The highest BCUT2D eigenvalue weighted by Gasteiger charge is 2.30. The van der Waals surface area contributed by atoms with E-state index in [-0.39, 0.29) is 29.9 Å². The number of hydrogen-bond acceptors (Lipinski definition) is 5. The van der Waals surface area contributed by atoms with Crippen molar-refractivity contribution < 1.29 is 13.9 Å². The molecule has 1 N–H and O–H groups in total. The Morgan fingerprint density at radius 3 is 2.59 bits per heavy atom. The van der Waals surface area contributed by atoms with Gasteiger partial charge < -0.3 is 24.3 Å². The van der Waals surface area contributed by atoms with Crippen LogP contribution in [0.2, 0.25) is 0 Å². The molecule has 0 bridgehead atoms. The summed E-state index contributed by atoms with van der Waals surface area (Å²) in [5, 5.41) is 5.63. The zero-order valence-electron chi connectivity index (χ0n) is 18.4. The van der Waals surface area contributed by atoms with E-state index in [2.05, 4.69) is 27.7 Å². The zero-order chi connectivity index (χ0) is 21.3. The number of morpholine rings is 1. The number of hydrogen-bond donors (Lipinski definition) is 1. The van der Waals surface area contributed by atoms with Crippen molar-refractivity contribution in [2.75, 3.05) is 52.5 Å². The Kier molecular flexibility index (Phi) is 10.3. The number of carbonyl (C=O) groups is 1. The summed E-state index contributed by atoms with van der Waals surface area (Å²) in [7, 11) is 0. The number of nitrogens with zero attached hydrogens (tertiary/aromatic N) is 3. The van der Waals surface area contributed by atoms with Gasteiger partial charge in [0.05, 0.1) is 19.5 Å². The molecule has 2 fully saturated rings. The molecule has 7 nitrogen and oxygen atoms in total. The minimum absolute atomic E-state index is 0. The van der Waals surface area contributed by atoms with Crippen molar-refractivity contribution in [2.24, 2.45) is 10.9 Å². The number of carbonyl (C=O) groups excluding carboxylic acids is 1. The lowest BCUT2D eigenvalue weighted by Crippen LogP contribution is -2.50. The zero-order valence-corrected chi connectivity index (χ0v) is 21.6. The van der Waals surface area contributed by atoms with Gasteiger partial charge in [0.2, 0.25) is 5.91 Å². The lowest BCUT2D eigenvalue weighted by atomic mass is 9.95. The number of halogens is 1. The first-order valence-electron chi connectivity index (χ1n) is 11.2. The molecule has 1 amide bonds. The Morgan fingerprint density at radius 2 is 1.91 bits per heavy atom. The molecule has 0 unspecified atom stereocenters. The van der Waals surface area contributed by atoms with Crippen LogP contribution >= 0.6 is 35.3 Å². The number of piperidine rings is 1. The molecule has 2 aliphatic heterocycles. The van der Waals surface area contributed by atoms with E-state index in [4.69, 9.17) is 14.1 Å². The van der Waals surface area contributed by atoms with Crippen molar-refractivity contribution in [3.05, 3.63) is 46.5 Å². The van der Waals surface area contributed by atoms with Crippen molar-refractivity contribution in [1.29, 1.82) is 0 Å². The third-order valence-corrected chi connectivity index (χ3v) is 6.84. The number of guanidine groups is 1. The SMILES string of the molecule is I.O=C(C1CCN(C(=NCCc2cccs2)NCCc2ccco2)CC1)N1CCOCC1. The van der Waals surface area contributed by atoms with Gasteiger partial charge in [-0.1, -0.05) is 6.07 Å². The van der Waals surface area contributed by atoms with Gasteiger partial charge in [0.15, 0.2) is 5.96 Å². The summed E-state index contributed by atoms with van der Waals surface area (Å²) in [5.74, 6) is 2.33. The van der Waals surface area contributed by atoms with E-state index in [1.807, 2.05) is 17.0 Å². The minimum atomic E-state index is 0. The molecule has 4 rings (SSSR count). The van der Waals surface area contributed by atoms with Crippen LogP contribution in [0.25, 0.3) is 0 Å². The van der Waals surface area contributed by atoms with Gasteiger partial charge in [-0.25, -0.2) is 0 Å². The molecule has 32 heavy (non-hydrogen) atoms. The summed E-state index contributed by atoms with van der Waals surface area (Å²) < 4.78 is 10.8. The lowest BCUT2D eigenvalue weighted by molar-refractivity contribution is -0.140. The second-order valence-electron chi connectivity index (χ2n) is 7.99. The molecule has 0 aliphatic carbocycles. The fourth-order valence-corrected chi connectivity index (χ4v) is 4.83. The normalized spacial score (nSPS) is 17.8. The van der Waals surface area contributed by atoms with E-state index >= 15 is 0 Å². The largest absolute Gasteiger partial charge is 0.469 e. The van der Waals surface area contributed by atoms with Gasteiger partial charge in [0, 0.05) is 62.9 Å². The van der Waals surface area contributed by atoms with Crippen LogP contribution in [0.15, 0.2) is 45.3 Å². The van der Waals surface area contributed by atoms with Crippen LogP contribution < -0.4 is 5.32 Å². The predicted molar refractivity (Wildman–Crippen MR) is 138 cm³/mol. The second kappa shape index (κ2) is 13.2. The molecule has 0 spiro atoms. The van der Waals surface area contributed by atoms with E-state index in [0.717, 1.165) is 76.7 Å². The van der Waals surface area contributed by atoms with Crippen molar-refractivity contribution >= 4 is 47.2 Å². The second-order valence-corrected chi connectivity index (χ2v) is 9.02. The van der Waals surface area contributed by atoms with Crippen LogP contribution in [-0.2, 0) is 22.4 Å². The summed E-state index contributed by atoms with van der Waals surface area (Å²) in [4.78, 5) is 23.4. The molecule has 4 heterocycles. The van der Waals surface area contributed by atoms with E-state index in [9.17, 15) is 4.79 Å². The smallest absolute Gasteiger partial charge is 0.225 e. The predicted octanol–water partition coefficient (Wildman–Crippen LogP) is 3.26. The van der Waals surface area contributed by atoms with E-state index in [1.165, 1.54) is 4.88 Å². The maximum atomic E-state index is 12.8. The molecule has 2 saturated heterocycles. The first-order valence-corrected chi connectivity index (χ1v) is 12.1. The Balaban J connectivity index is 0.00000289. The molecule has 176 valence electrons. The molecule has 0 aromatic carbocycles. The third kappa shape index (κ3) is 7.21. The van der Waals surface area contributed by atoms with Gasteiger partial charge in [0.25, 0.3) is 0 Å². The summed E-state index contributed by atoms with van der Waals surface area (Å²) in [6.07, 6.45) is 5.23. The molecule has 9 heteroatoms. The van der Waals surface area contributed by atoms with E-state index in [1.54, 1.807) is 17.6 Å². The molecule has 2 aromatic rings. The lowest BCUT2D eigenvalue weighted by Gasteiger charge is -2.36. The minimum Gasteiger partial charge on any atom is -0.469 e. The Morgan fingerprint density at radius 1 is 1.09 bits per heavy atom. The average molecular weight is 573 g/mol. The molecular weight excluding hydrogens is 539 g/mol. The first-order chi connectivity index (χ1) is 15.3. The van der Waals surface area contributed by atoms with E-state index < -0.39 is 0 Å². The van der Waals surface area contributed by atoms with Gasteiger partial charge in [-0.05, 0) is 36.4 Å². The Hall–Kier alpha value is -1.59. The highest BCUT2D eigenvalue weighted by Crippen LogP contribution is 2.20. The highest BCUT2D eigenvalue weighted by atomic mass is 127. The van der Waals surface area contributed by atoms with Crippen molar-refractivity contribution in [3.8, 4) is 0 Å². The summed E-state index contributed by atoms with van der Waals surface area (Å²) in [6.45, 7) is 6.01. The molecule has 0 atom stereocenters. The van der Waals surface area contributed by atoms with Gasteiger partial charge in [-0.15, -0.1) is 35.3 Å². The monoisotopic (exact) mass is 572 g/mol. The number of rotatable bonds is 7. The van der Waals surface area contributed by atoms with Crippen LogP contribution in [0.5, 0.6) is 0 Å². The standard InChI is InChI=1S/C23H32N4O3S.HI/c28-22(26-13-16-29-17-14-26)19-7-11-27(12-8-19)23(24-9-5-20-3-1-15-30-20)25-10-6-21-4-2-18-31-21;/h1-4,15,18-19H,5-14,16-17H2,(H,24,25);1H. The van der Waals surface area contributed by atoms with Gasteiger partial charge in [-0.3, -0.25) is 9.79 Å². The van der Waals surface area contributed by atoms with Crippen LogP contribution in [0.3, 0.4) is 0 Å². The molecule has 0 saturated carbocycles. The van der Waals surface area contributed by atoms with Gasteiger partial charge in [-0.2, -0.15) is 0 Å². The van der Waals surface area contributed by atoms with Crippen LogP contribution in [0.4, 0.5) is 0 Å². The Labute approximate surface area is 211 Å². The Bertz CT molecular complexity index is 814. The number of furan rings is 1. The molecular formula is C23H33IN4O3S. The van der Waals surface area contributed by atoms with Crippen LogP contribution in [0.1, 0.15) is 23.5 Å². The molecule has 0 radical (unpaired) electrons. The van der Waals surface area contributed by atoms with Crippen molar-refractivity contribution in [3.63, 3.8) is 0 Å². The number of ether oxygens (including phenoxy) is 1. The first kappa shape index (κ1) is 25.0. The maximum Gasteiger partial charge on any atom is 0.225 e. The summed E-state index contributed by atoms with van der Waals surface area (Å²) >= 11 is 1.78. The fraction of sp³-hybridized carbons (Fsp3) is 0.565. The topological polar surface area (TPSA) is 70.3 Å². The van der Waals surface area contributed by atoms with Crippen molar-refractivity contribution in [1.82, 2.24) is 15.1 Å². The number of likely N-dealkylation sites (tertiary alicyclic amines) is 1. The molecule has 2 aromatic heterocycles. The number of nitrogens with one attached hydrogen (secondary N) is 1. The summed E-state index contributed by atoms with van der Waals surface area (Å²) in [6, 6.07) is 8.16. The summed E-state index contributed by atoms with van der Waals surface area (Å²) in [5.41, 5.74) is 0. The molecule has 2 aliphatic rings. The maximum absolute atomic E-state index is 12.8. The van der Waals surface area contributed by atoms with Crippen LogP contribution in [-0.4, -0.2) is 74.1 Å². The number of aliphatic imine (C=N–C) groups is 1. The quantitative estimate of drug-likeness (QED) is 0.314. The van der Waals surface area contributed by atoms with Gasteiger partial charge >= 0.3 is 0 Å². The van der Waals surface area contributed by atoms with E-state index in [0.29, 0.717) is 19.1 Å². The van der Waals surface area contributed by atoms with Gasteiger partial charge in [0.1, 0.15) is 5.76 Å². The van der Waals surface area contributed by atoms with Crippen LogP contribution in [0, 0.1) is 5.92 Å². The average Bonchev–Trinajstić information content (AvgIpc) is 3.53. The fourth-order valence-electron chi connectivity index (χ4n) is 4.13. The highest BCUT2D eigenvalue weighted by molar-refractivity contribution is 14.0. The number of amides is 1. The third-order valence-electron chi connectivity index (χ3n) is 5.90.